The summed E-state index contributed by atoms with van der Waals surface area (Å²) in [7, 11) is 0. The minimum atomic E-state index is -4.11. The molecule has 1 aliphatic carbocycles. The Bertz CT molecular complexity index is 417. The van der Waals surface area contributed by atoms with Crippen LogP contribution >= 0.6 is 11.3 Å². The summed E-state index contributed by atoms with van der Waals surface area (Å²) in [6.45, 7) is 2.07. The molecule has 0 amide bonds. The molecule has 0 spiro atoms. The Morgan fingerprint density at radius 3 is 2.32 bits per heavy atom. The number of aryl methyl sites for hydroxylation is 1. The lowest BCUT2D eigenvalue weighted by molar-refractivity contribution is -0.192. The molecular weight excluding hydrogens is 273 g/mol. The highest BCUT2D eigenvalue weighted by molar-refractivity contribution is 7.12. The molecular formula is C14H19F3OS. The molecule has 19 heavy (non-hydrogen) atoms. The van der Waals surface area contributed by atoms with Gasteiger partial charge in [-0.2, -0.15) is 13.2 Å². The van der Waals surface area contributed by atoms with Gasteiger partial charge < -0.3 is 5.11 Å². The summed E-state index contributed by atoms with van der Waals surface area (Å²) in [5, 5.41) is 10.4. The van der Waals surface area contributed by atoms with Gasteiger partial charge in [-0.25, -0.2) is 0 Å². The summed E-state index contributed by atoms with van der Waals surface area (Å²) in [6, 6.07) is 4.02. The zero-order valence-electron chi connectivity index (χ0n) is 11.0. The molecule has 1 fully saturated rings. The fraction of sp³-hybridized carbons (Fsp3) is 0.714. The number of aliphatic hydroxyl groups is 1. The van der Waals surface area contributed by atoms with Gasteiger partial charge in [0.15, 0.2) is 0 Å². The average molecular weight is 292 g/mol. The minimum absolute atomic E-state index is 0.0476. The molecule has 0 saturated heterocycles. The third-order valence-electron chi connectivity index (χ3n) is 3.95. The zero-order valence-corrected chi connectivity index (χ0v) is 11.8. The van der Waals surface area contributed by atoms with Gasteiger partial charge >= 0.3 is 6.18 Å². The normalized spacial score (nSPS) is 28.6. The van der Waals surface area contributed by atoms with E-state index in [0.29, 0.717) is 6.42 Å². The Hall–Kier alpha value is -0.550. The van der Waals surface area contributed by atoms with Crippen LogP contribution in [0.3, 0.4) is 0 Å². The molecule has 0 aliphatic heterocycles. The summed E-state index contributed by atoms with van der Waals surface area (Å²) in [5.74, 6) is -1.23. The summed E-state index contributed by atoms with van der Waals surface area (Å²) < 4.78 is 37.8. The molecule has 0 bridgehead atoms. The first-order chi connectivity index (χ1) is 8.82. The van der Waals surface area contributed by atoms with Gasteiger partial charge in [0.2, 0.25) is 0 Å². The second kappa shape index (κ2) is 5.44. The third kappa shape index (κ3) is 3.72. The maximum Gasteiger partial charge on any atom is 0.391 e. The third-order valence-corrected chi connectivity index (χ3v) is 5.18. The molecule has 2 rings (SSSR count). The molecule has 5 heteroatoms. The molecule has 1 aromatic rings. The molecule has 0 unspecified atom stereocenters. The van der Waals surface area contributed by atoms with Crippen molar-refractivity contribution in [3.05, 3.63) is 21.9 Å². The fourth-order valence-corrected chi connectivity index (χ4v) is 3.79. The smallest absolute Gasteiger partial charge is 0.390 e. The highest BCUT2D eigenvalue weighted by Gasteiger charge is 2.45. The SMILES string of the molecule is CCc1ccc(CC2(O)CCC(C(F)(F)F)CC2)s1. The van der Waals surface area contributed by atoms with E-state index in [-0.39, 0.29) is 25.7 Å². The Morgan fingerprint density at radius 2 is 1.84 bits per heavy atom. The van der Waals surface area contributed by atoms with E-state index in [1.165, 1.54) is 4.88 Å². The summed E-state index contributed by atoms with van der Waals surface area (Å²) in [5.41, 5.74) is -0.947. The lowest BCUT2D eigenvalue weighted by Gasteiger charge is -2.36. The quantitative estimate of drug-likeness (QED) is 0.879. The van der Waals surface area contributed by atoms with Gasteiger partial charge in [-0.1, -0.05) is 6.92 Å². The summed E-state index contributed by atoms with van der Waals surface area (Å²) in [4.78, 5) is 2.33. The molecule has 1 heterocycles. The first kappa shape index (κ1) is 14.9. The van der Waals surface area contributed by atoms with Gasteiger partial charge in [0, 0.05) is 16.2 Å². The number of thiophene rings is 1. The van der Waals surface area contributed by atoms with Gasteiger partial charge in [-0.15, -0.1) is 11.3 Å². The van der Waals surface area contributed by atoms with E-state index in [2.05, 4.69) is 6.92 Å². The monoisotopic (exact) mass is 292 g/mol. The van der Waals surface area contributed by atoms with E-state index in [1.807, 2.05) is 12.1 Å². The van der Waals surface area contributed by atoms with E-state index in [9.17, 15) is 18.3 Å². The predicted molar refractivity (Wildman–Crippen MR) is 70.4 cm³/mol. The summed E-state index contributed by atoms with van der Waals surface area (Å²) >= 11 is 1.65. The van der Waals surface area contributed by atoms with Crippen molar-refractivity contribution in [2.75, 3.05) is 0 Å². The van der Waals surface area contributed by atoms with Crippen LogP contribution in [0.15, 0.2) is 12.1 Å². The van der Waals surface area contributed by atoms with Gasteiger partial charge in [-0.3, -0.25) is 0 Å². The molecule has 0 atom stereocenters. The van der Waals surface area contributed by atoms with Crippen molar-refractivity contribution in [2.45, 2.75) is 57.2 Å². The van der Waals surface area contributed by atoms with Crippen LogP contribution in [0.2, 0.25) is 0 Å². The fourth-order valence-electron chi connectivity index (χ4n) is 2.69. The van der Waals surface area contributed by atoms with Gasteiger partial charge in [0.25, 0.3) is 0 Å². The standard InChI is InChI=1S/C14H19F3OS/c1-2-11-3-4-12(19-11)9-13(18)7-5-10(6-8-13)14(15,16)17/h3-4,10,18H,2,5-9H2,1H3. The van der Waals surface area contributed by atoms with Gasteiger partial charge in [0.1, 0.15) is 0 Å². The van der Waals surface area contributed by atoms with Gasteiger partial charge in [-0.05, 0) is 44.2 Å². The number of hydrogen-bond acceptors (Lipinski definition) is 2. The largest absolute Gasteiger partial charge is 0.391 e. The molecule has 0 aromatic carbocycles. The number of rotatable bonds is 3. The van der Waals surface area contributed by atoms with E-state index in [1.54, 1.807) is 11.3 Å². The van der Waals surface area contributed by atoms with Gasteiger partial charge in [0.05, 0.1) is 11.5 Å². The van der Waals surface area contributed by atoms with Crippen LogP contribution < -0.4 is 0 Å². The Balaban J connectivity index is 1.94. The first-order valence-electron chi connectivity index (χ1n) is 6.69. The van der Waals surface area contributed by atoms with Crippen LogP contribution in [0.25, 0.3) is 0 Å². The van der Waals surface area contributed by atoms with Crippen molar-refractivity contribution in [3.8, 4) is 0 Å². The van der Waals surface area contributed by atoms with Crippen molar-refractivity contribution in [1.29, 1.82) is 0 Å². The average Bonchev–Trinajstić information content (AvgIpc) is 2.75. The Morgan fingerprint density at radius 1 is 1.26 bits per heavy atom. The van der Waals surface area contributed by atoms with Crippen LogP contribution in [-0.2, 0) is 12.8 Å². The van der Waals surface area contributed by atoms with Crippen molar-refractivity contribution in [3.63, 3.8) is 0 Å². The second-order valence-corrected chi connectivity index (χ2v) is 6.69. The van der Waals surface area contributed by atoms with E-state index >= 15 is 0 Å². The summed E-state index contributed by atoms with van der Waals surface area (Å²) in [6.07, 6.45) is -2.08. The topological polar surface area (TPSA) is 20.2 Å². The van der Waals surface area contributed by atoms with Crippen LogP contribution in [0, 0.1) is 5.92 Å². The van der Waals surface area contributed by atoms with E-state index in [0.717, 1.165) is 11.3 Å². The van der Waals surface area contributed by atoms with Crippen molar-refractivity contribution in [2.24, 2.45) is 5.92 Å². The van der Waals surface area contributed by atoms with Crippen molar-refractivity contribution < 1.29 is 18.3 Å². The highest BCUT2D eigenvalue weighted by atomic mass is 32.1. The molecule has 1 saturated carbocycles. The lowest BCUT2D eigenvalue weighted by Crippen LogP contribution is -2.39. The minimum Gasteiger partial charge on any atom is -0.390 e. The number of alkyl halides is 3. The molecule has 108 valence electrons. The molecule has 1 N–H and O–H groups in total. The Kier molecular flexibility index (Phi) is 4.26. The van der Waals surface area contributed by atoms with Crippen LogP contribution in [0.5, 0.6) is 0 Å². The van der Waals surface area contributed by atoms with Crippen LogP contribution in [0.4, 0.5) is 13.2 Å². The van der Waals surface area contributed by atoms with Crippen molar-refractivity contribution >= 4 is 11.3 Å². The molecule has 1 aromatic heterocycles. The molecule has 0 radical (unpaired) electrons. The molecule has 1 aliphatic rings. The van der Waals surface area contributed by atoms with E-state index < -0.39 is 17.7 Å². The maximum absolute atomic E-state index is 12.6. The predicted octanol–water partition coefficient (Wildman–Crippen LogP) is 4.34. The lowest BCUT2D eigenvalue weighted by atomic mass is 9.76. The maximum atomic E-state index is 12.6. The Labute approximate surface area is 115 Å². The second-order valence-electron chi connectivity index (χ2n) is 5.44. The van der Waals surface area contributed by atoms with Crippen LogP contribution in [-0.4, -0.2) is 16.9 Å². The highest BCUT2D eigenvalue weighted by Crippen LogP contribution is 2.42. The molecule has 1 nitrogen and oxygen atoms in total. The van der Waals surface area contributed by atoms with E-state index in [4.69, 9.17) is 0 Å². The van der Waals surface area contributed by atoms with Crippen molar-refractivity contribution in [1.82, 2.24) is 0 Å². The zero-order chi connectivity index (χ0) is 14.1. The number of halogens is 3. The number of hydrogen-bond donors (Lipinski definition) is 1. The first-order valence-corrected chi connectivity index (χ1v) is 7.51. The van der Waals surface area contributed by atoms with Crippen LogP contribution in [0.1, 0.15) is 42.4 Å².